The Labute approximate surface area is 122 Å². The van der Waals surface area contributed by atoms with E-state index in [-0.39, 0.29) is 11.6 Å². The summed E-state index contributed by atoms with van der Waals surface area (Å²) < 4.78 is 33.8. The molecule has 7 heteroatoms. The van der Waals surface area contributed by atoms with Crippen molar-refractivity contribution in [3.8, 4) is 0 Å². The monoisotopic (exact) mass is 305 g/mol. The van der Waals surface area contributed by atoms with Gasteiger partial charge < -0.3 is 10.1 Å². The maximum Gasteiger partial charge on any atom is 0.279 e. The standard InChI is InChI=1S/C13H27N3O3S/c1-3-4-8-16(2)20(17,18)15-10-12-9-14-13(11-19-12)6-5-7-13/h12,14-15H,3-11H2,1-2H3. The number of morpholine rings is 1. The zero-order valence-corrected chi connectivity index (χ0v) is 13.3. The van der Waals surface area contributed by atoms with Gasteiger partial charge in [-0.05, 0) is 25.7 Å². The van der Waals surface area contributed by atoms with Crippen LogP contribution in [-0.4, -0.2) is 57.7 Å². The summed E-state index contributed by atoms with van der Waals surface area (Å²) in [4.78, 5) is 0. The van der Waals surface area contributed by atoms with Gasteiger partial charge in [-0.3, -0.25) is 0 Å². The third-order valence-electron chi connectivity index (χ3n) is 4.34. The van der Waals surface area contributed by atoms with Crippen molar-refractivity contribution in [2.75, 3.05) is 33.3 Å². The fourth-order valence-electron chi connectivity index (χ4n) is 2.58. The van der Waals surface area contributed by atoms with E-state index < -0.39 is 10.2 Å². The normalized spacial score (nSPS) is 25.9. The molecule has 0 aromatic heterocycles. The van der Waals surface area contributed by atoms with Gasteiger partial charge in [0.15, 0.2) is 0 Å². The molecule has 0 aromatic rings. The SMILES string of the molecule is CCCCN(C)S(=O)(=O)NCC1CNC2(CCC2)CO1. The van der Waals surface area contributed by atoms with Gasteiger partial charge in [0, 0.05) is 32.2 Å². The molecule has 2 fully saturated rings. The van der Waals surface area contributed by atoms with Crippen LogP contribution < -0.4 is 10.0 Å². The molecule has 1 saturated carbocycles. The Morgan fingerprint density at radius 2 is 2.20 bits per heavy atom. The Kier molecular flexibility index (Phi) is 5.42. The highest BCUT2D eigenvalue weighted by atomic mass is 32.2. The Morgan fingerprint density at radius 3 is 2.70 bits per heavy atom. The number of nitrogens with one attached hydrogen (secondary N) is 2. The van der Waals surface area contributed by atoms with E-state index in [0.29, 0.717) is 19.7 Å². The molecule has 118 valence electrons. The number of ether oxygens (including phenoxy) is 1. The van der Waals surface area contributed by atoms with Crippen molar-refractivity contribution >= 4 is 10.2 Å². The minimum absolute atomic E-state index is 0.0735. The van der Waals surface area contributed by atoms with E-state index in [9.17, 15) is 8.42 Å². The van der Waals surface area contributed by atoms with E-state index in [4.69, 9.17) is 4.74 Å². The zero-order valence-electron chi connectivity index (χ0n) is 12.5. The molecule has 0 amide bonds. The van der Waals surface area contributed by atoms with Crippen LogP contribution in [0.5, 0.6) is 0 Å². The molecule has 1 atom stereocenters. The smallest absolute Gasteiger partial charge is 0.279 e. The van der Waals surface area contributed by atoms with Crippen LogP contribution in [0.2, 0.25) is 0 Å². The molecule has 2 N–H and O–H groups in total. The summed E-state index contributed by atoms with van der Waals surface area (Å²) in [6.07, 6.45) is 5.39. The van der Waals surface area contributed by atoms with E-state index in [1.807, 2.05) is 6.92 Å². The maximum absolute atomic E-state index is 12.0. The molecular weight excluding hydrogens is 278 g/mol. The molecule has 6 nitrogen and oxygen atoms in total. The van der Waals surface area contributed by atoms with Gasteiger partial charge in [0.25, 0.3) is 10.2 Å². The molecule has 1 aliphatic carbocycles. The first-order chi connectivity index (χ1) is 9.47. The van der Waals surface area contributed by atoms with E-state index in [1.165, 1.54) is 23.6 Å². The van der Waals surface area contributed by atoms with Gasteiger partial charge in [-0.15, -0.1) is 0 Å². The summed E-state index contributed by atoms with van der Waals surface area (Å²) in [6, 6.07) is 0. The molecule has 0 radical (unpaired) electrons. The van der Waals surface area contributed by atoms with Crippen LogP contribution in [0.3, 0.4) is 0 Å². The number of hydrogen-bond acceptors (Lipinski definition) is 4. The average Bonchev–Trinajstić information content (AvgIpc) is 2.41. The molecular formula is C13H27N3O3S. The molecule has 1 spiro atoms. The Balaban J connectivity index is 1.72. The van der Waals surface area contributed by atoms with Gasteiger partial charge >= 0.3 is 0 Å². The van der Waals surface area contributed by atoms with Gasteiger partial charge in [-0.1, -0.05) is 13.3 Å². The highest BCUT2D eigenvalue weighted by molar-refractivity contribution is 7.87. The first kappa shape index (κ1) is 16.2. The highest BCUT2D eigenvalue weighted by Gasteiger charge is 2.40. The summed E-state index contributed by atoms with van der Waals surface area (Å²) in [6.45, 7) is 4.36. The lowest BCUT2D eigenvalue weighted by Crippen LogP contribution is -2.62. The molecule has 1 heterocycles. The first-order valence-electron chi connectivity index (χ1n) is 7.55. The molecule has 1 unspecified atom stereocenters. The van der Waals surface area contributed by atoms with E-state index >= 15 is 0 Å². The lowest BCUT2D eigenvalue weighted by Gasteiger charge is -2.47. The summed E-state index contributed by atoms with van der Waals surface area (Å²) in [5.74, 6) is 0. The molecule has 2 aliphatic rings. The maximum atomic E-state index is 12.0. The molecule has 20 heavy (non-hydrogen) atoms. The number of hydrogen-bond donors (Lipinski definition) is 2. The molecule has 2 rings (SSSR count). The van der Waals surface area contributed by atoms with Gasteiger partial charge in [-0.2, -0.15) is 17.4 Å². The fraction of sp³-hybridized carbons (Fsp3) is 1.00. The average molecular weight is 305 g/mol. The first-order valence-corrected chi connectivity index (χ1v) is 8.99. The quantitative estimate of drug-likeness (QED) is 0.717. The van der Waals surface area contributed by atoms with Crippen LogP contribution >= 0.6 is 0 Å². The lowest BCUT2D eigenvalue weighted by atomic mass is 9.76. The Hall–Kier alpha value is -0.210. The summed E-state index contributed by atoms with van der Waals surface area (Å²) >= 11 is 0. The van der Waals surface area contributed by atoms with Crippen molar-refractivity contribution in [2.24, 2.45) is 0 Å². The largest absolute Gasteiger partial charge is 0.374 e. The van der Waals surface area contributed by atoms with Crippen molar-refractivity contribution in [1.82, 2.24) is 14.3 Å². The molecule has 0 aromatic carbocycles. The second-order valence-corrected chi connectivity index (χ2v) is 7.84. The van der Waals surface area contributed by atoms with Crippen LogP contribution in [0.25, 0.3) is 0 Å². The minimum Gasteiger partial charge on any atom is -0.374 e. The number of unbranched alkanes of at least 4 members (excludes halogenated alkanes) is 1. The van der Waals surface area contributed by atoms with E-state index in [0.717, 1.165) is 19.4 Å². The Morgan fingerprint density at radius 1 is 1.45 bits per heavy atom. The van der Waals surface area contributed by atoms with Crippen LogP contribution in [0, 0.1) is 0 Å². The van der Waals surface area contributed by atoms with Crippen molar-refractivity contribution in [3.63, 3.8) is 0 Å². The van der Waals surface area contributed by atoms with Crippen LogP contribution in [-0.2, 0) is 14.9 Å². The fourth-order valence-corrected chi connectivity index (χ4v) is 3.57. The van der Waals surface area contributed by atoms with Gasteiger partial charge in [0.1, 0.15) is 0 Å². The number of nitrogens with zero attached hydrogens (tertiary/aromatic N) is 1. The van der Waals surface area contributed by atoms with Gasteiger partial charge in [0.05, 0.1) is 12.7 Å². The summed E-state index contributed by atoms with van der Waals surface area (Å²) in [7, 11) is -1.76. The Bertz CT molecular complexity index is 399. The van der Waals surface area contributed by atoms with E-state index in [2.05, 4.69) is 10.0 Å². The molecule has 1 saturated heterocycles. The topological polar surface area (TPSA) is 70.7 Å². The van der Waals surface area contributed by atoms with Gasteiger partial charge in [0.2, 0.25) is 0 Å². The van der Waals surface area contributed by atoms with Crippen molar-refractivity contribution in [3.05, 3.63) is 0 Å². The predicted octanol–water partition coefficient (Wildman–Crippen LogP) is 0.464. The lowest BCUT2D eigenvalue weighted by molar-refractivity contribution is -0.0573. The highest BCUT2D eigenvalue weighted by Crippen LogP contribution is 2.33. The van der Waals surface area contributed by atoms with Crippen LogP contribution in [0.1, 0.15) is 39.0 Å². The third kappa shape index (κ3) is 3.92. The van der Waals surface area contributed by atoms with Crippen LogP contribution in [0.4, 0.5) is 0 Å². The summed E-state index contributed by atoms with van der Waals surface area (Å²) in [5, 5.41) is 3.51. The second kappa shape index (κ2) is 6.70. The number of rotatable bonds is 7. The van der Waals surface area contributed by atoms with Crippen molar-refractivity contribution < 1.29 is 13.2 Å². The second-order valence-electron chi connectivity index (χ2n) is 5.98. The molecule has 1 aliphatic heterocycles. The van der Waals surface area contributed by atoms with Gasteiger partial charge in [-0.25, -0.2) is 0 Å². The predicted molar refractivity (Wildman–Crippen MR) is 78.8 cm³/mol. The molecule has 0 bridgehead atoms. The van der Waals surface area contributed by atoms with Crippen molar-refractivity contribution in [1.29, 1.82) is 0 Å². The van der Waals surface area contributed by atoms with E-state index in [1.54, 1.807) is 7.05 Å². The third-order valence-corrected chi connectivity index (χ3v) is 5.88. The van der Waals surface area contributed by atoms with Crippen molar-refractivity contribution in [2.45, 2.75) is 50.7 Å². The zero-order chi connectivity index (χ0) is 14.6. The summed E-state index contributed by atoms with van der Waals surface area (Å²) in [5.41, 5.74) is 0.188. The van der Waals surface area contributed by atoms with Crippen LogP contribution in [0.15, 0.2) is 0 Å². The minimum atomic E-state index is -3.38.